The summed E-state index contributed by atoms with van der Waals surface area (Å²) in [6, 6.07) is 23.6. The first-order chi connectivity index (χ1) is 18.5. The largest absolute Gasteiger partial charge is 0.497 e. The van der Waals surface area contributed by atoms with E-state index in [1.165, 1.54) is 0 Å². The lowest BCUT2D eigenvalue weighted by Gasteiger charge is -2.22. The van der Waals surface area contributed by atoms with Gasteiger partial charge in [-0.1, -0.05) is 42.5 Å². The second-order valence-corrected chi connectivity index (χ2v) is 9.86. The summed E-state index contributed by atoms with van der Waals surface area (Å²) in [7, 11) is 3.66. The van der Waals surface area contributed by atoms with Crippen molar-refractivity contribution in [2.75, 3.05) is 20.7 Å². The number of nitrogens with zero attached hydrogens (tertiary/aromatic N) is 2. The molecule has 1 saturated carbocycles. The Labute approximate surface area is 223 Å². The molecule has 2 aliphatic rings. The van der Waals surface area contributed by atoms with Crippen LogP contribution in [0.25, 0.3) is 10.9 Å². The highest BCUT2D eigenvalue weighted by Crippen LogP contribution is 2.49. The van der Waals surface area contributed by atoms with E-state index in [4.69, 9.17) is 9.47 Å². The van der Waals surface area contributed by atoms with Crippen LogP contribution in [-0.4, -0.2) is 36.5 Å². The van der Waals surface area contributed by atoms with E-state index in [-0.39, 0.29) is 5.91 Å². The molecule has 6 nitrogen and oxygen atoms in total. The standard InChI is InChI=1S/C28H26N2O3.C4H7N/c1-19-10-11-21(32-2)15-24(19)27(31)30-28(12-13-28)25-16-22(17-26-23(25)9-6-14-29-26)33-18-20-7-4-3-5-8-20;1-5-3-2-4-5/h3-11,14-17H,12-13,18H2,1-2H3,(H,30,31);2-3H,4H2,1H3. The van der Waals surface area contributed by atoms with Crippen molar-refractivity contribution < 1.29 is 14.3 Å². The summed E-state index contributed by atoms with van der Waals surface area (Å²) in [5, 5.41) is 4.34. The van der Waals surface area contributed by atoms with Crippen molar-refractivity contribution in [1.82, 2.24) is 15.2 Å². The van der Waals surface area contributed by atoms with Crippen LogP contribution in [0.2, 0.25) is 0 Å². The Balaban J connectivity index is 0.000000529. The first-order valence-corrected chi connectivity index (χ1v) is 12.9. The Morgan fingerprint density at radius 1 is 1.03 bits per heavy atom. The molecule has 0 saturated heterocycles. The van der Waals surface area contributed by atoms with Gasteiger partial charge in [-0.3, -0.25) is 9.78 Å². The number of hydrogen-bond acceptors (Lipinski definition) is 5. The first kappa shape index (κ1) is 25.3. The molecule has 0 spiro atoms. The van der Waals surface area contributed by atoms with Gasteiger partial charge in [-0.15, -0.1) is 0 Å². The molecule has 6 rings (SSSR count). The minimum Gasteiger partial charge on any atom is -0.497 e. The van der Waals surface area contributed by atoms with Gasteiger partial charge in [0.15, 0.2) is 0 Å². The van der Waals surface area contributed by atoms with Crippen LogP contribution in [0.3, 0.4) is 0 Å². The van der Waals surface area contributed by atoms with Gasteiger partial charge in [0.1, 0.15) is 18.1 Å². The van der Waals surface area contributed by atoms with E-state index in [1.54, 1.807) is 19.4 Å². The van der Waals surface area contributed by atoms with E-state index in [2.05, 4.69) is 46.7 Å². The van der Waals surface area contributed by atoms with Crippen LogP contribution >= 0.6 is 0 Å². The monoisotopic (exact) mass is 507 g/mol. The zero-order valence-electron chi connectivity index (χ0n) is 22.1. The second kappa shape index (κ2) is 11.0. The molecule has 0 bridgehead atoms. The summed E-state index contributed by atoms with van der Waals surface area (Å²) < 4.78 is 11.5. The molecule has 0 atom stereocenters. The van der Waals surface area contributed by atoms with E-state index >= 15 is 0 Å². The van der Waals surface area contributed by atoms with Crippen molar-refractivity contribution in [2.45, 2.75) is 31.9 Å². The number of aromatic nitrogens is 1. The third-order valence-electron chi connectivity index (χ3n) is 7.00. The van der Waals surface area contributed by atoms with Crippen molar-refractivity contribution in [3.63, 3.8) is 0 Å². The van der Waals surface area contributed by atoms with E-state index < -0.39 is 5.54 Å². The smallest absolute Gasteiger partial charge is 0.252 e. The van der Waals surface area contributed by atoms with Gasteiger partial charge in [0.05, 0.1) is 18.2 Å². The summed E-state index contributed by atoms with van der Waals surface area (Å²) in [6.45, 7) is 3.55. The van der Waals surface area contributed by atoms with Crippen LogP contribution in [-0.2, 0) is 12.1 Å². The molecule has 1 aromatic heterocycles. The maximum absolute atomic E-state index is 13.3. The normalized spacial score (nSPS) is 14.7. The molecule has 3 aromatic carbocycles. The predicted octanol–water partition coefficient (Wildman–Crippen LogP) is 6.00. The van der Waals surface area contributed by atoms with Crippen LogP contribution in [0.4, 0.5) is 0 Å². The van der Waals surface area contributed by atoms with Gasteiger partial charge in [-0.2, -0.15) is 0 Å². The Kier molecular flexibility index (Phi) is 7.31. The first-order valence-electron chi connectivity index (χ1n) is 12.9. The van der Waals surface area contributed by atoms with Crippen LogP contribution in [0, 0.1) is 6.92 Å². The molecule has 2 heterocycles. The molecule has 194 valence electrons. The fourth-order valence-corrected chi connectivity index (χ4v) is 4.54. The summed E-state index contributed by atoms with van der Waals surface area (Å²) in [6.07, 6.45) is 7.70. The molecule has 38 heavy (non-hydrogen) atoms. The zero-order chi connectivity index (χ0) is 26.5. The molecule has 1 amide bonds. The fraction of sp³-hybridized carbons (Fsp3) is 0.250. The van der Waals surface area contributed by atoms with E-state index in [0.717, 1.165) is 52.7 Å². The number of aryl methyl sites for hydroxylation is 1. The summed E-state index contributed by atoms with van der Waals surface area (Å²) in [5.74, 6) is 1.32. The van der Waals surface area contributed by atoms with Gasteiger partial charge < -0.3 is 19.7 Å². The molecule has 4 aromatic rings. The van der Waals surface area contributed by atoms with Crippen LogP contribution in [0.1, 0.15) is 39.9 Å². The van der Waals surface area contributed by atoms with Crippen molar-refractivity contribution in [3.8, 4) is 11.5 Å². The number of benzene rings is 3. The highest BCUT2D eigenvalue weighted by atomic mass is 16.5. The van der Waals surface area contributed by atoms with E-state index in [0.29, 0.717) is 17.9 Å². The molecule has 6 heteroatoms. The Bertz CT molecular complexity index is 1460. The SMILES string of the molecule is CN1C=CC1.COc1ccc(C)c(C(=O)NC2(c3cc(OCc4ccccc4)cc4ncccc34)CC2)c1. The topological polar surface area (TPSA) is 63.7 Å². The lowest BCUT2D eigenvalue weighted by atomic mass is 9.97. The summed E-state index contributed by atoms with van der Waals surface area (Å²) in [4.78, 5) is 20.0. The number of hydrogen-bond donors (Lipinski definition) is 1. The third-order valence-corrected chi connectivity index (χ3v) is 7.00. The molecule has 1 aliphatic carbocycles. The maximum atomic E-state index is 13.3. The maximum Gasteiger partial charge on any atom is 0.252 e. The number of rotatable bonds is 7. The van der Waals surface area contributed by atoms with E-state index in [1.807, 2.05) is 61.5 Å². The molecular formula is C32H33N3O3. The van der Waals surface area contributed by atoms with Crippen molar-refractivity contribution in [1.29, 1.82) is 0 Å². The van der Waals surface area contributed by atoms with Crippen molar-refractivity contribution in [2.24, 2.45) is 0 Å². The van der Waals surface area contributed by atoms with Crippen molar-refractivity contribution >= 4 is 16.8 Å². The number of amides is 1. The average Bonchev–Trinajstić information content (AvgIpc) is 3.71. The van der Waals surface area contributed by atoms with Gasteiger partial charge in [-0.05, 0) is 73.0 Å². The molecule has 0 radical (unpaired) electrons. The van der Waals surface area contributed by atoms with Crippen LogP contribution < -0.4 is 14.8 Å². The second-order valence-electron chi connectivity index (χ2n) is 9.86. The van der Waals surface area contributed by atoms with E-state index in [9.17, 15) is 4.79 Å². The molecule has 1 N–H and O–H groups in total. The average molecular weight is 508 g/mol. The zero-order valence-corrected chi connectivity index (χ0v) is 22.1. The number of methoxy groups -OCH3 is 1. The van der Waals surface area contributed by atoms with Crippen LogP contribution in [0.15, 0.2) is 91.3 Å². The Morgan fingerprint density at radius 2 is 1.79 bits per heavy atom. The minimum atomic E-state index is -0.431. The van der Waals surface area contributed by atoms with Gasteiger partial charge in [0, 0.05) is 36.8 Å². The number of carbonyl (C=O) groups is 1. The molecule has 0 unspecified atom stereocenters. The lowest BCUT2D eigenvalue weighted by Crippen LogP contribution is -2.35. The molecular weight excluding hydrogens is 474 g/mol. The fourth-order valence-electron chi connectivity index (χ4n) is 4.54. The number of pyridine rings is 1. The van der Waals surface area contributed by atoms with Gasteiger partial charge >= 0.3 is 0 Å². The number of likely N-dealkylation sites (N-methyl/N-ethyl adjacent to an activating group) is 1. The number of ether oxygens (including phenoxy) is 2. The Morgan fingerprint density at radius 3 is 2.45 bits per heavy atom. The highest BCUT2D eigenvalue weighted by molar-refractivity contribution is 5.97. The summed E-state index contributed by atoms with van der Waals surface area (Å²) >= 11 is 0. The quantitative estimate of drug-likeness (QED) is 0.333. The number of nitrogens with one attached hydrogen (secondary N) is 1. The van der Waals surface area contributed by atoms with Crippen LogP contribution in [0.5, 0.6) is 11.5 Å². The molecule has 1 fully saturated rings. The predicted molar refractivity (Wildman–Crippen MR) is 150 cm³/mol. The van der Waals surface area contributed by atoms with Gasteiger partial charge in [0.25, 0.3) is 5.91 Å². The minimum absolute atomic E-state index is 0.100. The number of fused-ring (bicyclic) bond motifs is 1. The highest BCUT2D eigenvalue weighted by Gasteiger charge is 2.47. The van der Waals surface area contributed by atoms with Crippen molar-refractivity contribution in [3.05, 3.63) is 114 Å². The third kappa shape index (κ3) is 5.65. The number of carbonyl (C=O) groups excluding carboxylic acids is 1. The molecule has 1 aliphatic heterocycles. The van der Waals surface area contributed by atoms with Gasteiger partial charge in [0.2, 0.25) is 0 Å². The summed E-state index contributed by atoms with van der Waals surface area (Å²) in [5.41, 5.74) is 4.11. The Hall–Kier alpha value is -4.32. The lowest BCUT2D eigenvalue weighted by molar-refractivity contribution is 0.0930. The van der Waals surface area contributed by atoms with Gasteiger partial charge in [-0.25, -0.2) is 0 Å².